The van der Waals surface area contributed by atoms with Crippen molar-refractivity contribution in [1.29, 1.82) is 0 Å². The minimum Gasteiger partial charge on any atom is -0.336 e. The van der Waals surface area contributed by atoms with E-state index < -0.39 is 0 Å². The fourth-order valence-electron chi connectivity index (χ4n) is 2.37. The molecule has 7 heteroatoms. The zero-order valence-electron chi connectivity index (χ0n) is 12.7. The maximum absolute atomic E-state index is 6.34. The number of benzene rings is 1. The Morgan fingerprint density at radius 2 is 1.92 bits per heavy atom. The number of thioether (sulfide) groups is 1. The van der Waals surface area contributed by atoms with Gasteiger partial charge in [0.15, 0.2) is 0 Å². The molecule has 0 spiro atoms. The van der Waals surface area contributed by atoms with E-state index in [1.165, 1.54) is 4.88 Å². The monoisotopic (exact) mass is 416 g/mol. The van der Waals surface area contributed by atoms with Crippen molar-refractivity contribution < 1.29 is 0 Å². The normalized spacial score (nSPS) is 12.5. The SMILES string of the molecule is Clc1ccc(CCC(Cn2ccnc2)Sc2c(Cl)cccc2Cl)s1. The summed E-state index contributed by atoms with van der Waals surface area (Å²) in [5.41, 5.74) is 0. The van der Waals surface area contributed by atoms with Crippen LogP contribution in [0.25, 0.3) is 0 Å². The lowest BCUT2D eigenvalue weighted by Crippen LogP contribution is -2.13. The molecule has 2 aromatic heterocycles. The van der Waals surface area contributed by atoms with Gasteiger partial charge < -0.3 is 4.57 Å². The maximum Gasteiger partial charge on any atom is 0.0946 e. The number of halogens is 3. The molecule has 0 aliphatic carbocycles. The van der Waals surface area contributed by atoms with Crippen molar-refractivity contribution in [1.82, 2.24) is 9.55 Å². The molecule has 0 radical (unpaired) electrons. The van der Waals surface area contributed by atoms with E-state index in [0.717, 1.165) is 28.6 Å². The van der Waals surface area contributed by atoms with Crippen molar-refractivity contribution >= 4 is 57.9 Å². The first-order chi connectivity index (χ1) is 11.6. The standard InChI is InChI=1S/C17H15Cl3N2S2/c18-14-2-1-3-15(19)17(14)24-13(10-22-9-8-21-11-22)5-4-12-6-7-16(20)23-12/h1-3,6-9,11,13H,4-5,10H2. The number of hydrogen-bond acceptors (Lipinski definition) is 3. The van der Waals surface area contributed by atoms with E-state index in [1.807, 2.05) is 36.8 Å². The molecular weight excluding hydrogens is 403 g/mol. The van der Waals surface area contributed by atoms with Crippen LogP contribution in [0, 0.1) is 0 Å². The third-order valence-corrected chi connectivity index (χ3v) is 7.06. The summed E-state index contributed by atoms with van der Waals surface area (Å²) >= 11 is 22.1. The molecule has 0 aliphatic rings. The van der Waals surface area contributed by atoms with Gasteiger partial charge in [-0.25, -0.2) is 4.98 Å². The van der Waals surface area contributed by atoms with Gasteiger partial charge in [-0.3, -0.25) is 0 Å². The number of thiophene rings is 1. The van der Waals surface area contributed by atoms with E-state index >= 15 is 0 Å². The van der Waals surface area contributed by atoms with Crippen LogP contribution in [0.15, 0.2) is 53.9 Å². The van der Waals surface area contributed by atoms with Gasteiger partial charge in [0.2, 0.25) is 0 Å². The quantitative estimate of drug-likeness (QED) is 0.398. The van der Waals surface area contributed by atoms with Crippen molar-refractivity contribution in [3.8, 4) is 0 Å². The van der Waals surface area contributed by atoms with E-state index in [4.69, 9.17) is 34.8 Å². The Bertz CT molecular complexity index is 767. The Balaban J connectivity index is 1.73. The van der Waals surface area contributed by atoms with Crippen molar-refractivity contribution in [2.24, 2.45) is 0 Å². The molecule has 1 unspecified atom stereocenters. The van der Waals surface area contributed by atoms with Gasteiger partial charge in [0, 0.05) is 34.0 Å². The second-order valence-corrected chi connectivity index (χ2v) is 9.22. The number of hydrogen-bond donors (Lipinski definition) is 0. The molecular formula is C17H15Cl3N2S2. The Labute approximate surface area is 164 Å². The molecule has 0 amide bonds. The molecule has 2 nitrogen and oxygen atoms in total. The first-order valence-corrected chi connectivity index (χ1v) is 10.3. The first-order valence-electron chi connectivity index (χ1n) is 7.42. The number of aromatic nitrogens is 2. The highest BCUT2D eigenvalue weighted by Crippen LogP contribution is 2.38. The molecule has 1 aromatic carbocycles. The minimum atomic E-state index is 0.331. The van der Waals surface area contributed by atoms with Gasteiger partial charge in [-0.2, -0.15) is 0 Å². The smallest absolute Gasteiger partial charge is 0.0946 e. The fraction of sp³-hybridized carbons (Fsp3) is 0.235. The van der Waals surface area contributed by atoms with E-state index in [0.29, 0.717) is 15.3 Å². The molecule has 24 heavy (non-hydrogen) atoms. The number of nitrogens with zero attached hydrogens (tertiary/aromatic N) is 2. The average molecular weight is 418 g/mol. The van der Waals surface area contributed by atoms with Crippen LogP contribution in [0.3, 0.4) is 0 Å². The van der Waals surface area contributed by atoms with Gasteiger partial charge in [-0.05, 0) is 37.1 Å². The molecule has 0 N–H and O–H groups in total. The van der Waals surface area contributed by atoms with E-state index in [-0.39, 0.29) is 0 Å². The summed E-state index contributed by atoms with van der Waals surface area (Å²) < 4.78 is 2.92. The van der Waals surface area contributed by atoms with Gasteiger partial charge in [0.1, 0.15) is 0 Å². The lowest BCUT2D eigenvalue weighted by atomic mass is 10.2. The molecule has 0 saturated heterocycles. The topological polar surface area (TPSA) is 17.8 Å². The zero-order chi connectivity index (χ0) is 16.9. The molecule has 0 aliphatic heterocycles. The highest BCUT2D eigenvalue weighted by Gasteiger charge is 2.16. The molecule has 1 atom stereocenters. The molecule has 0 saturated carbocycles. The van der Waals surface area contributed by atoms with Crippen molar-refractivity contribution in [2.45, 2.75) is 29.5 Å². The Kier molecular flexibility index (Phi) is 6.53. The summed E-state index contributed by atoms with van der Waals surface area (Å²) in [5.74, 6) is 0. The molecule has 2 heterocycles. The number of imidazole rings is 1. The minimum absolute atomic E-state index is 0.331. The summed E-state index contributed by atoms with van der Waals surface area (Å²) in [6.07, 6.45) is 7.59. The third kappa shape index (κ3) is 4.93. The highest BCUT2D eigenvalue weighted by molar-refractivity contribution is 8.00. The van der Waals surface area contributed by atoms with Crippen LogP contribution >= 0.6 is 57.9 Å². The zero-order valence-corrected chi connectivity index (χ0v) is 16.6. The number of rotatable bonds is 7. The predicted octanol–water partition coefficient (Wildman–Crippen LogP) is 6.70. The lowest BCUT2D eigenvalue weighted by Gasteiger charge is -2.18. The van der Waals surface area contributed by atoms with Gasteiger partial charge in [-0.1, -0.05) is 40.9 Å². The van der Waals surface area contributed by atoms with Crippen LogP contribution in [0.4, 0.5) is 0 Å². The van der Waals surface area contributed by atoms with Crippen molar-refractivity contribution in [2.75, 3.05) is 0 Å². The van der Waals surface area contributed by atoms with Gasteiger partial charge >= 0.3 is 0 Å². The molecule has 0 fully saturated rings. The van der Waals surface area contributed by atoms with E-state index in [1.54, 1.807) is 29.3 Å². The summed E-state index contributed by atoms with van der Waals surface area (Å²) in [7, 11) is 0. The molecule has 0 bridgehead atoms. The van der Waals surface area contributed by atoms with Crippen LogP contribution in [0.2, 0.25) is 14.4 Å². The molecule has 126 valence electrons. The largest absolute Gasteiger partial charge is 0.336 e. The van der Waals surface area contributed by atoms with Crippen LogP contribution in [0.1, 0.15) is 11.3 Å². The Morgan fingerprint density at radius 1 is 1.12 bits per heavy atom. The summed E-state index contributed by atoms with van der Waals surface area (Å²) in [6, 6.07) is 9.67. The maximum atomic E-state index is 6.34. The summed E-state index contributed by atoms with van der Waals surface area (Å²) in [5, 5.41) is 1.72. The van der Waals surface area contributed by atoms with E-state index in [9.17, 15) is 0 Å². The predicted molar refractivity (Wildman–Crippen MR) is 106 cm³/mol. The second-order valence-electron chi connectivity index (χ2n) is 5.29. The fourth-order valence-corrected chi connectivity index (χ4v) is 5.31. The first kappa shape index (κ1) is 18.2. The van der Waals surface area contributed by atoms with Crippen molar-refractivity contribution in [3.63, 3.8) is 0 Å². The third-order valence-electron chi connectivity index (χ3n) is 3.52. The Hall–Kier alpha value is -0.650. The second kappa shape index (κ2) is 8.63. The number of aryl methyl sites for hydroxylation is 1. The Morgan fingerprint density at radius 3 is 2.54 bits per heavy atom. The van der Waals surface area contributed by atoms with Crippen LogP contribution < -0.4 is 0 Å². The summed E-state index contributed by atoms with van der Waals surface area (Å²) in [4.78, 5) is 6.36. The highest BCUT2D eigenvalue weighted by atomic mass is 35.5. The summed E-state index contributed by atoms with van der Waals surface area (Å²) in [6.45, 7) is 0.853. The van der Waals surface area contributed by atoms with Crippen LogP contribution in [-0.2, 0) is 13.0 Å². The molecule has 3 rings (SSSR count). The van der Waals surface area contributed by atoms with Gasteiger partial charge in [0.25, 0.3) is 0 Å². The molecule has 3 aromatic rings. The van der Waals surface area contributed by atoms with Crippen molar-refractivity contribution in [3.05, 3.63) is 68.3 Å². The van der Waals surface area contributed by atoms with Gasteiger partial charge in [0.05, 0.1) is 20.7 Å². The van der Waals surface area contributed by atoms with Crippen LogP contribution in [-0.4, -0.2) is 14.8 Å². The van der Waals surface area contributed by atoms with E-state index in [2.05, 4.69) is 15.6 Å². The average Bonchev–Trinajstić information content (AvgIpc) is 3.20. The van der Waals surface area contributed by atoms with Crippen LogP contribution in [0.5, 0.6) is 0 Å². The lowest BCUT2D eigenvalue weighted by molar-refractivity contribution is 0.626. The van der Waals surface area contributed by atoms with Gasteiger partial charge in [-0.15, -0.1) is 23.1 Å².